The van der Waals surface area contributed by atoms with Crippen molar-refractivity contribution in [2.75, 3.05) is 0 Å². The van der Waals surface area contributed by atoms with Gasteiger partial charge in [-0.1, -0.05) is 45.0 Å². The lowest BCUT2D eigenvalue weighted by Crippen LogP contribution is -2.21. The van der Waals surface area contributed by atoms with Gasteiger partial charge in [-0.2, -0.15) is 0 Å². The fraction of sp³-hybridized carbons (Fsp3) is 0.500. The molecule has 1 aromatic rings. The first kappa shape index (κ1) is 10.4. The van der Waals surface area contributed by atoms with Crippen LogP contribution < -0.4 is 0 Å². The van der Waals surface area contributed by atoms with Gasteiger partial charge in [-0.25, -0.2) is 0 Å². The highest BCUT2D eigenvalue weighted by molar-refractivity contribution is 5.86. The zero-order valence-corrected chi connectivity index (χ0v) is 9.71. The Morgan fingerprint density at radius 1 is 1.07 bits per heavy atom. The second-order valence-electron chi connectivity index (χ2n) is 5.52. The Labute approximate surface area is 91.5 Å². The summed E-state index contributed by atoms with van der Waals surface area (Å²) < 4.78 is 0. The van der Waals surface area contributed by atoms with Gasteiger partial charge in [0.1, 0.15) is 5.78 Å². The van der Waals surface area contributed by atoms with Crippen molar-refractivity contribution in [1.82, 2.24) is 0 Å². The third-order valence-electron chi connectivity index (χ3n) is 3.20. The molecule has 1 aromatic carbocycles. The van der Waals surface area contributed by atoms with Crippen LogP contribution in [-0.4, -0.2) is 5.78 Å². The van der Waals surface area contributed by atoms with Crippen molar-refractivity contribution in [2.24, 2.45) is 0 Å². The Bertz CT molecular complexity index is 359. The maximum absolute atomic E-state index is 10.9. The molecule has 0 radical (unpaired) electrons. The van der Waals surface area contributed by atoms with Crippen molar-refractivity contribution < 1.29 is 4.79 Å². The smallest absolute Gasteiger partial charge is 0.134 e. The molecule has 0 bridgehead atoms. The summed E-state index contributed by atoms with van der Waals surface area (Å²) in [6.45, 7) is 6.65. The van der Waals surface area contributed by atoms with Crippen molar-refractivity contribution in [3.8, 4) is 0 Å². The summed E-state index contributed by atoms with van der Waals surface area (Å²) >= 11 is 0. The largest absolute Gasteiger partial charge is 0.300 e. The van der Waals surface area contributed by atoms with Gasteiger partial charge < -0.3 is 0 Å². The summed E-state index contributed by atoms with van der Waals surface area (Å²) in [5.74, 6) is 0.895. The van der Waals surface area contributed by atoms with Gasteiger partial charge >= 0.3 is 0 Å². The van der Waals surface area contributed by atoms with E-state index in [-0.39, 0.29) is 5.41 Å². The van der Waals surface area contributed by atoms with Crippen molar-refractivity contribution in [1.29, 1.82) is 0 Å². The SMILES string of the molecule is CC(C)(C)c1ccc(C2CC(=O)C2)cc1. The zero-order chi connectivity index (χ0) is 11.1. The monoisotopic (exact) mass is 202 g/mol. The van der Waals surface area contributed by atoms with E-state index in [0.717, 1.165) is 12.8 Å². The fourth-order valence-corrected chi connectivity index (χ4v) is 1.98. The Morgan fingerprint density at radius 3 is 2.00 bits per heavy atom. The van der Waals surface area contributed by atoms with E-state index in [2.05, 4.69) is 45.0 Å². The second kappa shape index (κ2) is 3.48. The first-order valence-corrected chi connectivity index (χ1v) is 5.59. The molecular formula is C14H18O. The van der Waals surface area contributed by atoms with Gasteiger partial charge in [-0.05, 0) is 22.5 Å². The number of Topliss-reactive ketones (excluding diaryl/α,β-unsaturated/α-hetero) is 1. The number of carbonyl (C=O) groups is 1. The lowest BCUT2D eigenvalue weighted by atomic mass is 9.77. The van der Waals surface area contributed by atoms with Crippen molar-refractivity contribution in [3.63, 3.8) is 0 Å². The predicted molar refractivity (Wildman–Crippen MR) is 62.1 cm³/mol. The third kappa shape index (κ3) is 2.11. The molecule has 0 N–H and O–H groups in total. The number of benzene rings is 1. The zero-order valence-electron chi connectivity index (χ0n) is 9.71. The highest BCUT2D eigenvalue weighted by Gasteiger charge is 2.27. The van der Waals surface area contributed by atoms with Crippen molar-refractivity contribution >= 4 is 5.78 Å². The van der Waals surface area contributed by atoms with Gasteiger partial charge in [0.2, 0.25) is 0 Å². The molecule has 0 aliphatic heterocycles. The van der Waals surface area contributed by atoms with Crippen molar-refractivity contribution in [3.05, 3.63) is 35.4 Å². The van der Waals surface area contributed by atoms with Crippen LogP contribution in [0.2, 0.25) is 0 Å². The highest BCUT2D eigenvalue weighted by atomic mass is 16.1. The molecule has 1 saturated carbocycles. The molecule has 0 saturated heterocycles. The Kier molecular flexibility index (Phi) is 2.41. The molecule has 0 spiro atoms. The standard InChI is InChI=1S/C14H18O/c1-14(2,3)12-6-4-10(5-7-12)11-8-13(15)9-11/h4-7,11H,8-9H2,1-3H3. The molecule has 1 fully saturated rings. The maximum atomic E-state index is 10.9. The summed E-state index contributed by atoms with van der Waals surface area (Å²) in [5, 5.41) is 0. The summed E-state index contributed by atoms with van der Waals surface area (Å²) in [6.07, 6.45) is 1.49. The molecule has 0 atom stereocenters. The molecule has 1 aliphatic carbocycles. The van der Waals surface area contributed by atoms with E-state index in [4.69, 9.17) is 0 Å². The van der Waals surface area contributed by atoms with Crippen LogP contribution in [-0.2, 0) is 10.2 Å². The quantitative estimate of drug-likeness (QED) is 0.682. The van der Waals surface area contributed by atoms with Crippen LogP contribution in [0, 0.1) is 0 Å². The number of carbonyl (C=O) groups excluding carboxylic acids is 1. The molecular weight excluding hydrogens is 184 g/mol. The maximum Gasteiger partial charge on any atom is 0.134 e. The normalized spacial score (nSPS) is 17.7. The molecule has 2 rings (SSSR count). The van der Waals surface area contributed by atoms with E-state index in [1.165, 1.54) is 11.1 Å². The van der Waals surface area contributed by atoms with E-state index in [1.807, 2.05) is 0 Å². The van der Waals surface area contributed by atoms with Gasteiger partial charge in [-0.15, -0.1) is 0 Å². The van der Waals surface area contributed by atoms with E-state index >= 15 is 0 Å². The summed E-state index contributed by atoms with van der Waals surface area (Å²) in [7, 11) is 0. The molecule has 1 nitrogen and oxygen atoms in total. The van der Waals surface area contributed by atoms with Gasteiger partial charge in [-0.3, -0.25) is 4.79 Å². The lowest BCUT2D eigenvalue weighted by molar-refractivity contribution is -0.124. The number of hydrogen-bond donors (Lipinski definition) is 0. The average molecular weight is 202 g/mol. The van der Waals surface area contributed by atoms with Crippen LogP contribution in [0.3, 0.4) is 0 Å². The van der Waals surface area contributed by atoms with Crippen LogP contribution in [0.5, 0.6) is 0 Å². The summed E-state index contributed by atoms with van der Waals surface area (Å²) in [6, 6.07) is 8.74. The second-order valence-corrected chi connectivity index (χ2v) is 5.52. The van der Waals surface area contributed by atoms with E-state index < -0.39 is 0 Å². The van der Waals surface area contributed by atoms with Crippen molar-refractivity contribution in [2.45, 2.75) is 44.9 Å². The Hall–Kier alpha value is -1.11. The molecule has 80 valence electrons. The molecule has 0 heterocycles. The van der Waals surface area contributed by atoms with E-state index in [9.17, 15) is 4.79 Å². The van der Waals surface area contributed by atoms with Gasteiger partial charge in [0.25, 0.3) is 0 Å². The fourth-order valence-electron chi connectivity index (χ4n) is 1.98. The molecule has 1 heteroatoms. The third-order valence-corrected chi connectivity index (χ3v) is 3.20. The van der Waals surface area contributed by atoms with Crippen LogP contribution in [0.15, 0.2) is 24.3 Å². The molecule has 0 unspecified atom stereocenters. The van der Waals surface area contributed by atoms with Crippen LogP contribution in [0.1, 0.15) is 50.7 Å². The number of rotatable bonds is 1. The van der Waals surface area contributed by atoms with Gasteiger partial charge in [0, 0.05) is 12.8 Å². The lowest BCUT2D eigenvalue weighted by Gasteiger charge is -2.26. The first-order valence-electron chi connectivity index (χ1n) is 5.59. The average Bonchev–Trinajstić information content (AvgIpc) is 2.12. The van der Waals surface area contributed by atoms with E-state index in [1.54, 1.807) is 0 Å². The summed E-state index contributed by atoms with van der Waals surface area (Å²) in [5.41, 5.74) is 2.90. The first-order chi connectivity index (χ1) is 6.97. The number of ketones is 1. The van der Waals surface area contributed by atoms with Gasteiger partial charge in [0.15, 0.2) is 0 Å². The van der Waals surface area contributed by atoms with Gasteiger partial charge in [0.05, 0.1) is 0 Å². The minimum atomic E-state index is 0.216. The minimum absolute atomic E-state index is 0.216. The van der Waals surface area contributed by atoms with Crippen LogP contribution in [0.25, 0.3) is 0 Å². The van der Waals surface area contributed by atoms with Crippen LogP contribution in [0.4, 0.5) is 0 Å². The Morgan fingerprint density at radius 2 is 1.60 bits per heavy atom. The van der Waals surface area contributed by atoms with Crippen LogP contribution >= 0.6 is 0 Å². The minimum Gasteiger partial charge on any atom is -0.300 e. The molecule has 15 heavy (non-hydrogen) atoms. The Balaban J connectivity index is 2.14. The van der Waals surface area contributed by atoms with E-state index in [0.29, 0.717) is 11.7 Å². The highest BCUT2D eigenvalue weighted by Crippen LogP contribution is 2.34. The molecule has 1 aliphatic rings. The number of hydrogen-bond acceptors (Lipinski definition) is 1. The topological polar surface area (TPSA) is 17.1 Å². The summed E-state index contributed by atoms with van der Waals surface area (Å²) in [4.78, 5) is 10.9. The predicted octanol–water partition coefficient (Wildman–Crippen LogP) is 3.43. The molecule has 0 aromatic heterocycles. The molecule has 0 amide bonds.